The second-order valence-corrected chi connectivity index (χ2v) is 7.82. The van der Waals surface area contributed by atoms with Crippen LogP contribution >= 0.6 is 11.6 Å². The molecule has 2 nitrogen and oxygen atoms in total. The molecule has 0 saturated carbocycles. The predicted octanol–water partition coefficient (Wildman–Crippen LogP) is 7.93. The van der Waals surface area contributed by atoms with E-state index in [-0.39, 0.29) is 5.97 Å². The normalized spacial score (nSPS) is 12.1. The number of hydrogen-bond acceptors (Lipinski definition) is 2. The van der Waals surface area contributed by atoms with Gasteiger partial charge >= 0.3 is 5.97 Å². The molecule has 0 saturated heterocycles. The molecule has 0 amide bonds. The van der Waals surface area contributed by atoms with Gasteiger partial charge in [0.15, 0.2) is 5.56 Å². The van der Waals surface area contributed by atoms with Crippen molar-refractivity contribution in [3.8, 4) is 0 Å². The quantitative estimate of drug-likeness (QED) is 0.106. The van der Waals surface area contributed by atoms with Gasteiger partial charge in [0.2, 0.25) is 0 Å². The fourth-order valence-electron chi connectivity index (χ4n) is 2.95. The zero-order valence-corrected chi connectivity index (χ0v) is 17.5. The van der Waals surface area contributed by atoms with Crippen LogP contribution in [0, 0.1) is 0 Å². The van der Waals surface area contributed by atoms with E-state index in [0.717, 1.165) is 12.8 Å². The van der Waals surface area contributed by atoms with E-state index in [1.54, 1.807) is 6.92 Å². The molecule has 25 heavy (non-hydrogen) atoms. The van der Waals surface area contributed by atoms with Crippen molar-refractivity contribution in [3.05, 3.63) is 12.2 Å². The van der Waals surface area contributed by atoms with Crippen LogP contribution in [0.25, 0.3) is 0 Å². The summed E-state index contributed by atoms with van der Waals surface area (Å²) in [6, 6.07) is 0. The van der Waals surface area contributed by atoms with Gasteiger partial charge in [0.1, 0.15) is 0 Å². The third-order valence-corrected chi connectivity index (χ3v) is 4.93. The van der Waals surface area contributed by atoms with Crippen LogP contribution in [-0.4, -0.2) is 11.5 Å². The minimum Gasteiger partial charge on any atom is -0.443 e. The Bertz CT molecular complexity index is 328. The van der Waals surface area contributed by atoms with Gasteiger partial charge in [-0.3, -0.25) is 0 Å². The summed E-state index contributed by atoms with van der Waals surface area (Å²) in [5, 5.41) is 0. The highest BCUT2D eigenvalue weighted by atomic mass is 35.5. The Labute approximate surface area is 161 Å². The lowest BCUT2D eigenvalue weighted by Crippen LogP contribution is -2.12. The standard InChI is InChI=1S/C22H41ClO2/c1-4-5-6-7-8-9-10-11-12-13-14-15-16-17-18-19-21(23)25-22(24)20(2)3/h21H,2,4-19H2,1,3H3. The van der Waals surface area contributed by atoms with Gasteiger partial charge in [-0.05, 0) is 19.8 Å². The molecular weight excluding hydrogens is 332 g/mol. The van der Waals surface area contributed by atoms with Gasteiger partial charge in [-0.25, -0.2) is 4.79 Å². The van der Waals surface area contributed by atoms with Crippen molar-refractivity contribution in [1.82, 2.24) is 0 Å². The molecule has 0 fully saturated rings. The predicted molar refractivity (Wildman–Crippen MR) is 110 cm³/mol. The molecule has 0 radical (unpaired) electrons. The lowest BCUT2D eigenvalue weighted by molar-refractivity contribution is -0.140. The zero-order valence-electron chi connectivity index (χ0n) is 16.8. The molecule has 0 N–H and O–H groups in total. The second-order valence-electron chi connectivity index (χ2n) is 7.33. The van der Waals surface area contributed by atoms with Gasteiger partial charge < -0.3 is 4.74 Å². The smallest absolute Gasteiger partial charge is 0.334 e. The maximum atomic E-state index is 11.3. The maximum absolute atomic E-state index is 11.3. The number of hydrogen-bond donors (Lipinski definition) is 0. The molecule has 0 aliphatic rings. The van der Waals surface area contributed by atoms with Crippen molar-refractivity contribution < 1.29 is 9.53 Å². The van der Waals surface area contributed by atoms with E-state index in [9.17, 15) is 4.79 Å². The molecule has 0 aromatic heterocycles. The molecule has 1 unspecified atom stereocenters. The van der Waals surface area contributed by atoms with Gasteiger partial charge in [-0.2, -0.15) is 0 Å². The third kappa shape index (κ3) is 18.1. The van der Waals surface area contributed by atoms with E-state index in [1.165, 1.54) is 89.9 Å². The van der Waals surface area contributed by atoms with Crippen molar-refractivity contribution in [1.29, 1.82) is 0 Å². The van der Waals surface area contributed by atoms with Crippen LogP contribution in [0.2, 0.25) is 0 Å². The molecule has 0 aromatic carbocycles. The van der Waals surface area contributed by atoms with Gasteiger partial charge in [0, 0.05) is 5.57 Å². The first-order valence-electron chi connectivity index (χ1n) is 10.6. The molecule has 148 valence electrons. The number of rotatable bonds is 18. The fourth-order valence-corrected chi connectivity index (χ4v) is 3.19. The summed E-state index contributed by atoms with van der Waals surface area (Å²) in [7, 11) is 0. The first-order chi connectivity index (χ1) is 12.1. The number of carbonyl (C=O) groups is 1. The summed E-state index contributed by atoms with van der Waals surface area (Å²) in [4.78, 5) is 11.3. The minimum absolute atomic E-state index is 0.388. The summed E-state index contributed by atoms with van der Waals surface area (Å²) in [6.45, 7) is 7.46. The largest absolute Gasteiger partial charge is 0.443 e. The van der Waals surface area contributed by atoms with Gasteiger partial charge in [0.05, 0.1) is 0 Å². The lowest BCUT2D eigenvalue weighted by atomic mass is 10.0. The van der Waals surface area contributed by atoms with E-state index in [4.69, 9.17) is 16.3 Å². The average molecular weight is 373 g/mol. The van der Waals surface area contributed by atoms with E-state index in [2.05, 4.69) is 13.5 Å². The van der Waals surface area contributed by atoms with Crippen LogP contribution in [0.1, 0.15) is 117 Å². The third-order valence-electron chi connectivity index (χ3n) is 4.62. The Morgan fingerprint density at radius 3 is 1.52 bits per heavy atom. The summed E-state index contributed by atoms with van der Waals surface area (Å²) in [5.41, 5.74) is -0.103. The minimum atomic E-state index is -0.508. The maximum Gasteiger partial charge on any atom is 0.334 e. The number of carbonyl (C=O) groups excluding carboxylic acids is 1. The van der Waals surface area contributed by atoms with E-state index < -0.39 is 5.56 Å². The molecule has 0 bridgehead atoms. The number of alkyl halides is 1. The van der Waals surface area contributed by atoms with Crippen LogP contribution in [0.5, 0.6) is 0 Å². The Kier molecular flexibility index (Phi) is 17.9. The zero-order chi connectivity index (χ0) is 18.8. The number of unbranched alkanes of at least 4 members (excludes halogenated alkanes) is 14. The van der Waals surface area contributed by atoms with Gasteiger partial charge in [-0.15, -0.1) is 0 Å². The molecule has 0 heterocycles. The highest BCUT2D eigenvalue weighted by Gasteiger charge is 2.11. The average Bonchev–Trinajstić information content (AvgIpc) is 2.58. The first-order valence-corrected chi connectivity index (χ1v) is 11.0. The summed E-state index contributed by atoms with van der Waals surface area (Å²) in [5.74, 6) is -0.388. The van der Waals surface area contributed by atoms with E-state index in [0.29, 0.717) is 5.57 Å². The highest BCUT2D eigenvalue weighted by Crippen LogP contribution is 2.16. The molecule has 0 aromatic rings. The second kappa shape index (κ2) is 18.3. The van der Waals surface area contributed by atoms with Crippen molar-refractivity contribution in [3.63, 3.8) is 0 Å². The van der Waals surface area contributed by atoms with E-state index >= 15 is 0 Å². The fraction of sp³-hybridized carbons (Fsp3) is 0.864. The number of halogens is 1. The summed E-state index contributed by atoms with van der Waals surface area (Å²) in [6.07, 6.45) is 20.9. The van der Waals surface area contributed by atoms with Crippen molar-refractivity contribution in [2.24, 2.45) is 0 Å². The van der Waals surface area contributed by atoms with Crippen molar-refractivity contribution in [2.75, 3.05) is 0 Å². The van der Waals surface area contributed by atoms with Gasteiger partial charge in [0.25, 0.3) is 0 Å². The lowest BCUT2D eigenvalue weighted by Gasteiger charge is -2.10. The Hall–Kier alpha value is -0.500. The van der Waals surface area contributed by atoms with Crippen molar-refractivity contribution in [2.45, 2.75) is 122 Å². The summed E-state index contributed by atoms with van der Waals surface area (Å²) >= 11 is 5.99. The molecule has 1 atom stereocenters. The molecule has 0 rings (SSSR count). The molecular formula is C22H41ClO2. The molecule has 3 heteroatoms. The Morgan fingerprint density at radius 2 is 1.16 bits per heavy atom. The topological polar surface area (TPSA) is 26.3 Å². The monoisotopic (exact) mass is 372 g/mol. The summed E-state index contributed by atoms with van der Waals surface area (Å²) < 4.78 is 5.06. The van der Waals surface area contributed by atoms with Gasteiger partial charge in [-0.1, -0.05) is 115 Å². The van der Waals surface area contributed by atoms with Crippen LogP contribution in [-0.2, 0) is 9.53 Å². The molecule has 0 spiro atoms. The number of esters is 1. The van der Waals surface area contributed by atoms with Crippen LogP contribution in [0.3, 0.4) is 0 Å². The Morgan fingerprint density at radius 1 is 0.800 bits per heavy atom. The first kappa shape index (κ1) is 24.5. The molecule has 0 aliphatic carbocycles. The van der Waals surface area contributed by atoms with Crippen LogP contribution < -0.4 is 0 Å². The van der Waals surface area contributed by atoms with E-state index in [1.807, 2.05) is 0 Å². The van der Waals surface area contributed by atoms with Crippen molar-refractivity contribution >= 4 is 17.6 Å². The Balaban J connectivity index is 3.19. The number of ether oxygens (including phenoxy) is 1. The SMILES string of the molecule is C=C(C)C(=O)OC(Cl)CCCCCCCCCCCCCCCCC. The van der Waals surface area contributed by atoms with Crippen LogP contribution in [0.15, 0.2) is 12.2 Å². The highest BCUT2D eigenvalue weighted by molar-refractivity contribution is 6.20. The molecule has 0 aliphatic heterocycles. The van der Waals surface area contributed by atoms with Crippen LogP contribution in [0.4, 0.5) is 0 Å².